The average molecular weight is 652 g/mol. The van der Waals surface area contributed by atoms with Crippen LogP contribution in [0.5, 0.6) is 0 Å². The second kappa shape index (κ2) is 12.5. The molecule has 1 heteroatoms. The van der Waals surface area contributed by atoms with Crippen LogP contribution in [0.15, 0.2) is 170 Å². The SMILES string of the molecule is Cc1cc(C)c(-c2ccc(-c3c4ccccc4c(-c4cccc(-c5cccc(-c6ccccc6)n5)c4)c4ccccc34)c3ccccc23)c(C)c1. The van der Waals surface area contributed by atoms with Crippen molar-refractivity contribution in [1.82, 2.24) is 4.98 Å². The normalized spacial score (nSPS) is 11.4. The predicted molar refractivity (Wildman–Crippen MR) is 218 cm³/mol. The van der Waals surface area contributed by atoms with Gasteiger partial charge in [0.2, 0.25) is 0 Å². The van der Waals surface area contributed by atoms with Gasteiger partial charge >= 0.3 is 0 Å². The molecule has 8 aromatic carbocycles. The maximum Gasteiger partial charge on any atom is 0.0709 e. The molecular formula is C50H37N. The Kier molecular flexibility index (Phi) is 7.55. The van der Waals surface area contributed by atoms with Gasteiger partial charge in [-0.2, -0.15) is 0 Å². The number of aryl methyl sites for hydroxylation is 3. The van der Waals surface area contributed by atoms with Gasteiger partial charge in [0.05, 0.1) is 11.4 Å². The van der Waals surface area contributed by atoms with Crippen LogP contribution in [0.25, 0.3) is 88.2 Å². The number of nitrogens with zero attached hydrogens (tertiary/aromatic N) is 1. The number of pyridine rings is 1. The zero-order valence-corrected chi connectivity index (χ0v) is 29.1. The van der Waals surface area contributed by atoms with Crippen molar-refractivity contribution in [3.8, 4) is 55.9 Å². The van der Waals surface area contributed by atoms with E-state index in [0.29, 0.717) is 0 Å². The van der Waals surface area contributed by atoms with Gasteiger partial charge in [0.15, 0.2) is 0 Å². The number of aromatic nitrogens is 1. The van der Waals surface area contributed by atoms with E-state index in [9.17, 15) is 0 Å². The lowest BCUT2D eigenvalue weighted by atomic mass is 9.83. The van der Waals surface area contributed by atoms with Gasteiger partial charge in [-0.3, -0.25) is 0 Å². The summed E-state index contributed by atoms with van der Waals surface area (Å²) in [5, 5.41) is 7.53. The van der Waals surface area contributed by atoms with E-state index in [0.717, 1.165) is 22.5 Å². The summed E-state index contributed by atoms with van der Waals surface area (Å²) in [4.78, 5) is 5.10. The van der Waals surface area contributed by atoms with Crippen LogP contribution in [0.4, 0.5) is 0 Å². The molecule has 1 heterocycles. The third-order valence-electron chi connectivity index (χ3n) is 10.3. The molecule has 9 rings (SSSR count). The molecule has 0 radical (unpaired) electrons. The molecule has 9 aromatic rings. The summed E-state index contributed by atoms with van der Waals surface area (Å²) < 4.78 is 0. The van der Waals surface area contributed by atoms with Gasteiger partial charge in [-0.1, -0.05) is 157 Å². The van der Waals surface area contributed by atoms with Gasteiger partial charge in [-0.05, 0) is 116 Å². The third-order valence-corrected chi connectivity index (χ3v) is 10.3. The van der Waals surface area contributed by atoms with E-state index in [1.165, 1.54) is 82.4 Å². The molecular weight excluding hydrogens is 615 g/mol. The van der Waals surface area contributed by atoms with Crippen LogP contribution in [0.1, 0.15) is 16.7 Å². The van der Waals surface area contributed by atoms with Crippen LogP contribution >= 0.6 is 0 Å². The molecule has 0 unspecified atom stereocenters. The van der Waals surface area contributed by atoms with Crippen LogP contribution in [-0.4, -0.2) is 4.98 Å². The van der Waals surface area contributed by atoms with Crippen molar-refractivity contribution >= 4 is 32.3 Å². The maximum atomic E-state index is 5.10. The predicted octanol–water partition coefficient (Wildman–Crippen LogP) is 13.8. The third kappa shape index (κ3) is 5.30. The first kappa shape index (κ1) is 30.7. The second-order valence-corrected chi connectivity index (χ2v) is 13.7. The molecule has 1 aromatic heterocycles. The summed E-state index contributed by atoms with van der Waals surface area (Å²) in [6.07, 6.45) is 0. The van der Waals surface area contributed by atoms with Crippen molar-refractivity contribution in [2.75, 3.05) is 0 Å². The molecule has 0 aliphatic rings. The topological polar surface area (TPSA) is 12.9 Å². The van der Waals surface area contributed by atoms with Crippen molar-refractivity contribution in [3.05, 3.63) is 187 Å². The lowest BCUT2D eigenvalue weighted by Crippen LogP contribution is -1.94. The lowest BCUT2D eigenvalue weighted by Gasteiger charge is -2.20. The van der Waals surface area contributed by atoms with Gasteiger partial charge in [0, 0.05) is 11.1 Å². The standard InChI is InChI=1S/C50H37N/c1-32-29-33(2)48(34(3)30-32)44-27-28-45(39-20-8-7-19-38(39)44)50-42-23-11-9-21-40(42)49(41-22-10-12-24-43(41)50)37-18-13-17-36(31-37)47-26-14-25-46(51-47)35-15-5-4-6-16-35/h4-31H,1-3H3. The Bertz CT molecular complexity index is 2690. The van der Waals surface area contributed by atoms with E-state index in [2.05, 4.69) is 185 Å². The number of benzene rings is 8. The Balaban J connectivity index is 1.27. The molecule has 0 aliphatic carbocycles. The fraction of sp³-hybridized carbons (Fsp3) is 0.0600. The van der Waals surface area contributed by atoms with Crippen molar-refractivity contribution in [2.24, 2.45) is 0 Å². The van der Waals surface area contributed by atoms with Gasteiger partial charge < -0.3 is 0 Å². The molecule has 0 saturated heterocycles. The molecule has 0 amide bonds. The van der Waals surface area contributed by atoms with Crippen LogP contribution in [0.2, 0.25) is 0 Å². The monoisotopic (exact) mass is 651 g/mol. The first-order valence-electron chi connectivity index (χ1n) is 17.7. The molecule has 0 spiro atoms. The highest BCUT2D eigenvalue weighted by molar-refractivity contribution is 6.24. The van der Waals surface area contributed by atoms with Crippen LogP contribution in [-0.2, 0) is 0 Å². The second-order valence-electron chi connectivity index (χ2n) is 13.7. The highest BCUT2D eigenvalue weighted by Crippen LogP contribution is 2.47. The van der Waals surface area contributed by atoms with E-state index < -0.39 is 0 Å². The van der Waals surface area contributed by atoms with Gasteiger partial charge in [-0.15, -0.1) is 0 Å². The van der Waals surface area contributed by atoms with Crippen LogP contribution < -0.4 is 0 Å². The van der Waals surface area contributed by atoms with Gasteiger partial charge in [-0.25, -0.2) is 4.98 Å². The summed E-state index contributed by atoms with van der Waals surface area (Å²) in [7, 11) is 0. The molecule has 1 nitrogen and oxygen atoms in total. The molecule has 0 N–H and O–H groups in total. The van der Waals surface area contributed by atoms with E-state index >= 15 is 0 Å². The fourth-order valence-corrected chi connectivity index (χ4v) is 8.27. The van der Waals surface area contributed by atoms with E-state index in [-0.39, 0.29) is 0 Å². The van der Waals surface area contributed by atoms with Crippen LogP contribution in [0, 0.1) is 20.8 Å². The largest absolute Gasteiger partial charge is 0.248 e. The fourth-order valence-electron chi connectivity index (χ4n) is 8.27. The van der Waals surface area contributed by atoms with Crippen molar-refractivity contribution < 1.29 is 0 Å². The zero-order chi connectivity index (χ0) is 34.5. The zero-order valence-electron chi connectivity index (χ0n) is 29.1. The van der Waals surface area contributed by atoms with Crippen LogP contribution in [0.3, 0.4) is 0 Å². The minimum atomic E-state index is 0.967. The molecule has 242 valence electrons. The summed E-state index contributed by atoms with van der Waals surface area (Å²) >= 11 is 0. The Hall–Kier alpha value is -6.31. The summed E-state index contributed by atoms with van der Waals surface area (Å²) in [5.41, 5.74) is 15.7. The highest BCUT2D eigenvalue weighted by Gasteiger charge is 2.20. The van der Waals surface area contributed by atoms with Gasteiger partial charge in [0.25, 0.3) is 0 Å². The number of hydrogen-bond acceptors (Lipinski definition) is 1. The maximum absolute atomic E-state index is 5.10. The Morgan fingerprint density at radius 2 is 0.745 bits per heavy atom. The Labute approximate surface area is 299 Å². The summed E-state index contributed by atoms with van der Waals surface area (Å²) in [6.45, 7) is 6.66. The van der Waals surface area contributed by atoms with Crippen molar-refractivity contribution in [2.45, 2.75) is 20.8 Å². The van der Waals surface area contributed by atoms with Gasteiger partial charge in [0.1, 0.15) is 0 Å². The summed E-state index contributed by atoms with van der Waals surface area (Å²) in [5.74, 6) is 0. The smallest absolute Gasteiger partial charge is 0.0709 e. The van der Waals surface area contributed by atoms with E-state index in [1.54, 1.807) is 0 Å². The van der Waals surface area contributed by atoms with Crippen molar-refractivity contribution in [3.63, 3.8) is 0 Å². The number of hydrogen-bond donors (Lipinski definition) is 0. The first-order valence-corrected chi connectivity index (χ1v) is 17.7. The number of fused-ring (bicyclic) bond motifs is 3. The van der Waals surface area contributed by atoms with E-state index in [1.807, 2.05) is 6.07 Å². The minimum absolute atomic E-state index is 0.967. The molecule has 51 heavy (non-hydrogen) atoms. The van der Waals surface area contributed by atoms with E-state index in [4.69, 9.17) is 4.98 Å². The minimum Gasteiger partial charge on any atom is -0.248 e. The molecule has 0 atom stereocenters. The summed E-state index contributed by atoms with van der Waals surface area (Å²) in [6, 6.07) is 61.7. The van der Waals surface area contributed by atoms with Crippen molar-refractivity contribution in [1.29, 1.82) is 0 Å². The number of rotatable bonds is 5. The first-order chi connectivity index (χ1) is 25.0. The lowest BCUT2D eigenvalue weighted by molar-refractivity contribution is 1.32. The highest BCUT2D eigenvalue weighted by atomic mass is 14.7. The quantitative estimate of drug-likeness (QED) is 0.169. The molecule has 0 fully saturated rings. The Morgan fingerprint density at radius 1 is 0.314 bits per heavy atom. The Morgan fingerprint density at radius 3 is 1.33 bits per heavy atom. The average Bonchev–Trinajstić information content (AvgIpc) is 3.17. The molecule has 0 aliphatic heterocycles. The molecule has 0 saturated carbocycles. The molecule has 0 bridgehead atoms.